The zero-order chi connectivity index (χ0) is 21.7. The average molecular weight is 420 g/mol. The second kappa shape index (κ2) is 6.91. The van der Waals surface area contributed by atoms with E-state index >= 15 is 0 Å². The maximum atomic E-state index is 14.4. The predicted octanol–water partition coefficient (Wildman–Crippen LogP) is 5.57. The Kier molecular flexibility index (Phi) is 4.18. The van der Waals surface area contributed by atoms with Gasteiger partial charge in [-0.1, -0.05) is 6.07 Å². The maximum absolute atomic E-state index is 14.4. The zero-order valence-corrected chi connectivity index (χ0v) is 15.6. The van der Waals surface area contributed by atoms with Crippen molar-refractivity contribution in [1.82, 2.24) is 14.8 Å². The van der Waals surface area contributed by atoms with Gasteiger partial charge in [-0.05, 0) is 36.4 Å². The Balaban J connectivity index is 1.91. The number of hydrogen-bond acceptors (Lipinski definition) is 4. The number of halogens is 3. The largest absolute Gasteiger partial charge is 0.271 e. The number of fused-ring (bicyclic) bond motifs is 3. The molecule has 3 aromatic carbocycles. The van der Waals surface area contributed by atoms with Crippen molar-refractivity contribution in [3.8, 4) is 16.9 Å². The summed E-state index contributed by atoms with van der Waals surface area (Å²) in [7, 11) is 0. The van der Waals surface area contributed by atoms with Crippen molar-refractivity contribution < 1.29 is 18.1 Å². The van der Waals surface area contributed by atoms with Crippen LogP contribution in [0.15, 0.2) is 66.9 Å². The highest BCUT2D eigenvalue weighted by Gasteiger charge is 2.20. The lowest BCUT2D eigenvalue weighted by atomic mass is 10.1. The van der Waals surface area contributed by atoms with Crippen LogP contribution in [0.5, 0.6) is 0 Å². The fourth-order valence-electron chi connectivity index (χ4n) is 3.56. The Hall–Kier alpha value is -4.27. The molecule has 0 saturated heterocycles. The van der Waals surface area contributed by atoms with E-state index in [2.05, 4.69) is 10.1 Å². The minimum Gasteiger partial charge on any atom is -0.258 e. The van der Waals surface area contributed by atoms with E-state index in [1.807, 2.05) is 0 Å². The Morgan fingerprint density at radius 3 is 2.42 bits per heavy atom. The van der Waals surface area contributed by atoms with Gasteiger partial charge in [0.05, 0.1) is 16.1 Å². The molecule has 5 rings (SSSR count). The third-order valence-corrected chi connectivity index (χ3v) is 4.93. The molecule has 2 aromatic heterocycles. The van der Waals surface area contributed by atoms with Crippen LogP contribution in [0.2, 0.25) is 0 Å². The lowest BCUT2D eigenvalue weighted by Gasteiger charge is -2.06. The number of non-ortho nitro benzene ring substituents is 1. The molecule has 152 valence electrons. The maximum Gasteiger partial charge on any atom is 0.271 e. The number of hydrogen-bond donors (Lipinski definition) is 0. The van der Waals surface area contributed by atoms with E-state index < -0.39 is 22.4 Å². The molecule has 0 spiro atoms. The highest BCUT2D eigenvalue weighted by Crippen LogP contribution is 2.35. The van der Waals surface area contributed by atoms with Crippen LogP contribution < -0.4 is 0 Å². The fourth-order valence-corrected chi connectivity index (χ4v) is 3.56. The van der Waals surface area contributed by atoms with Crippen molar-refractivity contribution in [1.29, 1.82) is 0 Å². The van der Waals surface area contributed by atoms with Crippen molar-refractivity contribution in [2.24, 2.45) is 0 Å². The zero-order valence-electron chi connectivity index (χ0n) is 15.6. The average Bonchev–Trinajstić information content (AvgIpc) is 3.14. The summed E-state index contributed by atoms with van der Waals surface area (Å²) in [5.41, 5.74) is 1.36. The first-order valence-electron chi connectivity index (χ1n) is 9.09. The van der Waals surface area contributed by atoms with Crippen molar-refractivity contribution in [3.63, 3.8) is 0 Å². The number of aromatic nitrogens is 3. The fraction of sp³-hybridized carbons (Fsp3) is 0. The molecule has 0 amide bonds. The molecule has 0 saturated carbocycles. The van der Waals surface area contributed by atoms with E-state index in [1.54, 1.807) is 6.07 Å². The molecule has 2 heterocycles. The van der Waals surface area contributed by atoms with Crippen molar-refractivity contribution >= 4 is 27.5 Å². The Morgan fingerprint density at radius 2 is 1.68 bits per heavy atom. The van der Waals surface area contributed by atoms with Crippen LogP contribution >= 0.6 is 0 Å². The van der Waals surface area contributed by atoms with Gasteiger partial charge in [-0.2, -0.15) is 5.10 Å². The van der Waals surface area contributed by atoms with Gasteiger partial charge in [0, 0.05) is 40.7 Å². The van der Waals surface area contributed by atoms with Gasteiger partial charge in [0.25, 0.3) is 5.69 Å². The van der Waals surface area contributed by atoms with Crippen LogP contribution in [0.3, 0.4) is 0 Å². The Labute approximate surface area is 172 Å². The molecule has 5 aromatic rings. The molecular formula is C22H11F3N4O2. The summed E-state index contributed by atoms with van der Waals surface area (Å²) in [6, 6.07) is 13.2. The molecule has 0 fully saturated rings. The summed E-state index contributed by atoms with van der Waals surface area (Å²) in [6.07, 6.45) is 1.40. The van der Waals surface area contributed by atoms with Crippen molar-refractivity contribution in [2.45, 2.75) is 0 Å². The molecule has 0 aliphatic carbocycles. The molecule has 0 unspecified atom stereocenters. The number of nitrogens with zero attached hydrogens (tertiary/aromatic N) is 4. The lowest BCUT2D eigenvalue weighted by molar-refractivity contribution is -0.384. The van der Waals surface area contributed by atoms with Crippen molar-refractivity contribution in [2.75, 3.05) is 0 Å². The van der Waals surface area contributed by atoms with Crippen LogP contribution in [0, 0.1) is 27.6 Å². The SMILES string of the molecule is O=[N+]([O-])c1cccc(-n2nc(-c3ccc(F)cc3)c3cnc4c(F)cc(F)cc4c32)c1. The Bertz CT molecular complexity index is 1500. The molecule has 0 atom stereocenters. The van der Waals surface area contributed by atoms with Crippen LogP contribution in [-0.2, 0) is 0 Å². The van der Waals surface area contributed by atoms with Crippen LogP contribution in [0.25, 0.3) is 38.8 Å². The van der Waals surface area contributed by atoms with Gasteiger partial charge in [-0.15, -0.1) is 0 Å². The summed E-state index contributed by atoms with van der Waals surface area (Å²) >= 11 is 0. The van der Waals surface area contributed by atoms with E-state index in [1.165, 1.54) is 53.3 Å². The summed E-state index contributed by atoms with van der Waals surface area (Å²) in [6.45, 7) is 0. The van der Waals surface area contributed by atoms with Gasteiger partial charge in [0.1, 0.15) is 22.8 Å². The number of pyridine rings is 1. The van der Waals surface area contributed by atoms with Gasteiger partial charge in [0.2, 0.25) is 0 Å². The molecule has 0 aliphatic rings. The van der Waals surface area contributed by atoms with E-state index in [0.717, 1.165) is 12.1 Å². The highest BCUT2D eigenvalue weighted by molar-refractivity contribution is 6.08. The van der Waals surface area contributed by atoms with Gasteiger partial charge < -0.3 is 0 Å². The van der Waals surface area contributed by atoms with E-state index in [9.17, 15) is 23.3 Å². The molecule has 0 aliphatic heterocycles. The first-order valence-corrected chi connectivity index (χ1v) is 9.09. The molecule has 0 bridgehead atoms. The second-order valence-corrected chi connectivity index (χ2v) is 6.85. The number of benzene rings is 3. The standard InChI is InChI=1S/C22H11F3N4O2/c23-13-6-4-12(5-7-13)20-18-11-26-21-17(8-14(24)9-19(21)25)22(18)28(27-20)15-2-1-3-16(10-15)29(30)31/h1-11H. The smallest absolute Gasteiger partial charge is 0.258 e. The van der Waals surface area contributed by atoms with Gasteiger partial charge in [0.15, 0.2) is 5.82 Å². The van der Waals surface area contributed by atoms with Crippen LogP contribution in [0.4, 0.5) is 18.9 Å². The van der Waals surface area contributed by atoms with E-state index in [4.69, 9.17) is 0 Å². The van der Waals surface area contributed by atoms with Crippen LogP contribution in [0.1, 0.15) is 0 Å². The predicted molar refractivity (Wildman–Crippen MR) is 108 cm³/mol. The monoisotopic (exact) mass is 420 g/mol. The third kappa shape index (κ3) is 3.07. The number of nitro groups is 1. The second-order valence-electron chi connectivity index (χ2n) is 6.85. The summed E-state index contributed by atoms with van der Waals surface area (Å²) in [5.74, 6) is -2.07. The lowest BCUT2D eigenvalue weighted by Crippen LogP contribution is -1.99. The topological polar surface area (TPSA) is 73.8 Å². The van der Waals surface area contributed by atoms with Crippen LogP contribution in [-0.4, -0.2) is 19.7 Å². The number of nitro benzene ring substituents is 1. The van der Waals surface area contributed by atoms with E-state index in [-0.39, 0.29) is 16.6 Å². The molecule has 0 radical (unpaired) electrons. The Morgan fingerprint density at radius 1 is 0.903 bits per heavy atom. The minimum atomic E-state index is -0.841. The van der Waals surface area contributed by atoms with Gasteiger partial charge in [-0.3, -0.25) is 15.1 Å². The first kappa shape index (κ1) is 18.7. The minimum absolute atomic E-state index is 0.0638. The number of rotatable bonds is 3. The summed E-state index contributed by atoms with van der Waals surface area (Å²) in [4.78, 5) is 14.8. The third-order valence-electron chi connectivity index (χ3n) is 4.93. The molecule has 0 N–H and O–H groups in total. The highest BCUT2D eigenvalue weighted by atomic mass is 19.1. The quantitative estimate of drug-likeness (QED) is 0.283. The van der Waals surface area contributed by atoms with Crippen molar-refractivity contribution in [3.05, 3.63) is 94.4 Å². The first-order chi connectivity index (χ1) is 14.9. The van der Waals surface area contributed by atoms with E-state index in [0.29, 0.717) is 27.8 Å². The summed E-state index contributed by atoms with van der Waals surface area (Å²) in [5, 5.41) is 16.4. The molecule has 31 heavy (non-hydrogen) atoms. The van der Waals surface area contributed by atoms with Gasteiger partial charge >= 0.3 is 0 Å². The summed E-state index contributed by atoms with van der Waals surface area (Å²) < 4.78 is 43.3. The molecular weight excluding hydrogens is 409 g/mol. The molecule has 6 nitrogen and oxygen atoms in total. The molecule has 9 heteroatoms. The normalized spacial score (nSPS) is 11.3. The van der Waals surface area contributed by atoms with Gasteiger partial charge in [-0.25, -0.2) is 17.9 Å².